The maximum absolute atomic E-state index is 6.21. The van der Waals surface area contributed by atoms with Crippen molar-refractivity contribution in [1.82, 2.24) is 0 Å². The molecule has 29 heavy (non-hydrogen) atoms. The van der Waals surface area contributed by atoms with Crippen molar-refractivity contribution in [2.45, 2.75) is 90.8 Å². The Kier molecular flexibility index (Phi) is 6.06. The van der Waals surface area contributed by atoms with Crippen LogP contribution in [-0.4, -0.2) is 31.4 Å². The van der Waals surface area contributed by atoms with Crippen molar-refractivity contribution in [2.75, 3.05) is 18.0 Å². The molecule has 1 aromatic rings. The zero-order valence-corrected chi connectivity index (χ0v) is 19.2. The van der Waals surface area contributed by atoms with E-state index in [0.29, 0.717) is 0 Å². The number of hydrogen-bond acceptors (Lipinski definition) is 3. The predicted molar refractivity (Wildman–Crippen MR) is 123 cm³/mol. The largest absolute Gasteiger partial charge is 0.494 e. The average Bonchev–Trinajstić information content (AvgIpc) is 3.20. The molecule has 0 radical (unpaired) electrons. The van der Waals surface area contributed by atoms with Crippen LogP contribution in [0.1, 0.15) is 79.6 Å². The normalized spacial score (nSPS) is 28.5. The first-order valence-electron chi connectivity index (χ1n) is 12.0. The van der Waals surface area contributed by atoms with E-state index in [1.807, 2.05) is 0 Å². The van der Waals surface area contributed by atoms with Gasteiger partial charge in [0.25, 0.3) is 0 Å². The van der Waals surface area contributed by atoms with E-state index in [4.69, 9.17) is 9.31 Å². The van der Waals surface area contributed by atoms with Crippen LogP contribution < -0.4 is 10.4 Å². The van der Waals surface area contributed by atoms with E-state index in [1.54, 1.807) is 0 Å². The van der Waals surface area contributed by atoms with E-state index < -0.39 is 0 Å². The highest BCUT2D eigenvalue weighted by molar-refractivity contribution is 6.62. The van der Waals surface area contributed by atoms with E-state index >= 15 is 0 Å². The molecular formula is C25H40BNO2. The molecule has 3 nitrogen and oxygen atoms in total. The Labute approximate surface area is 178 Å². The number of rotatable bonds is 4. The summed E-state index contributed by atoms with van der Waals surface area (Å²) >= 11 is 0. The lowest BCUT2D eigenvalue weighted by Crippen LogP contribution is -2.41. The van der Waals surface area contributed by atoms with Gasteiger partial charge in [0.05, 0.1) is 11.2 Å². The van der Waals surface area contributed by atoms with Gasteiger partial charge in [-0.1, -0.05) is 44.7 Å². The van der Waals surface area contributed by atoms with Gasteiger partial charge in [-0.15, -0.1) is 0 Å². The van der Waals surface area contributed by atoms with Gasteiger partial charge in [0.15, 0.2) is 0 Å². The second-order valence-corrected chi connectivity index (χ2v) is 10.8. The molecule has 2 heterocycles. The molecule has 0 aromatic heterocycles. The number of nitrogens with zero attached hydrogens (tertiary/aromatic N) is 1. The lowest BCUT2D eigenvalue weighted by molar-refractivity contribution is 0.00578. The third-order valence-corrected chi connectivity index (χ3v) is 8.44. The predicted octanol–water partition coefficient (Wildman–Crippen LogP) is 5.42. The second-order valence-electron chi connectivity index (χ2n) is 10.8. The van der Waals surface area contributed by atoms with Crippen LogP contribution in [0.15, 0.2) is 24.3 Å². The molecule has 2 atom stereocenters. The summed E-state index contributed by atoms with van der Waals surface area (Å²) in [6.45, 7) is 13.4. The van der Waals surface area contributed by atoms with Gasteiger partial charge in [-0.2, -0.15) is 0 Å². The molecule has 1 aliphatic carbocycles. The Morgan fingerprint density at radius 1 is 0.828 bits per heavy atom. The zero-order valence-electron chi connectivity index (χ0n) is 19.2. The summed E-state index contributed by atoms with van der Waals surface area (Å²) in [5, 5.41) is 0. The van der Waals surface area contributed by atoms with Gasteiger partial charge in [0.2, 0.25) is 0 Å². The third kappa shape index (κ3) is 4.39. The van der Waals surface area contributed by atoms with Crippen LogP contribution in [0.2, 0.25) is 0 Å². The first-order valence-corrected chi connectivity index (χ1v) is 12.0. The van der Waals surface area contributed by atoms with Crippen molar-refractivity contribution in [3.8, 4) is 0 Å². The number of hydrogen-bond donors (Lipinski definition) is 0. The van der Waals surface area contributed by atoms with Gasteiger partial charge < -0.3 is 14.2 Å². The van der Waals surface area contributed by atoms with E-state index in [0.717, 1.165) is 23.2 Å². The smallest absolute Gasteiger partial charge is 0.399 e. The number of benzene rings is 1. The van der Waals surface area contributed by atoms with Crippen molar-refractivity contribution in [2.24, 2.45) is 17.8 Å². The second kappa shape index (κ2) is 8.27. The minimum atomic E-state index is -0.286. The fourth-order valence-electron chi connectivity index (χ4n) is 5.60. The lowest BCUT2D eigenvalue weighted by Gasteiger charge is -2.32. The Hall–Kier alpha value is -0.995. The van der Waals surface area contributed by atoms with Crippen LogP contribution in [0.4, 0.5) is 5.69 Å². The Balaban J connectivity index is 1.37. The van der Waals surface area contributed by atoms with Crippen LogP contribution in [0.3, 0.4) is 0 Å². The van der Waals surface area contributed by atoms with Crippen molar-refractivity contribution < 1.29 is 9.31 Å². The standard InChI is InChI=1S/C25H40BNO2/c1-19(20-9-6-7-10-20)21-11-8-17-27(18-16-21)23-14-12-22(13-15-23)26-28-24(2,3)25(4,5)29-26/h12-15,19-21H,6-11,16-18H2,1-5H3. The summed E-state index contributed by atoms with van der Waals surface area (Å²) < 4.78 is 12.4. The van der Waals surface area contributed by atoms with E-state index in [1.165, 1.54) is 63.7 Å². The minimum Gasteiger partial charge on any atom is -0.399 e. The molecular weight excluding hydrogens is 357 g/mol. The van der Waals surface area contributed by atoms with E-state index in [9.17, 15) is 0 Å². The van der Waals surface area contributed by atoms with Gasteiger partial charge in [0.1, 0.15) is 0 Å². The van der Waals surface area contributed by atoms with Crippen molar-refractivity contribution in [3.63, 3.8) is 0 Å². The van der Waals surface area contributed by atoms with E-state index in [-0.39, 0.29) is 18.3 Å². The van der Waals surface area contributed by atoms with E-state index in [2.05, 4.69) is 63.8 Å². The van der Waals surface area contributed by atoms with Crippen LogP contribution in [-0.2, 0) is 9.31 Å². The quantitative estimate of drug-likeness (QED) is 0.634. The molecule has 0 amide bonds. The third-order valence-electron chi connectivity index (χ3n) is 8.44. The summed E-state index contributed by atoms with van der Waals surface area (Å²) in [5.41, 5.74) is 1.90. The molecule has 3 aliphatic rings. The maximum Gasteiger partial charge on any atom is 0.494 e. The molecule has 160 valence electrons. The summed E-state index contributed by atoms with van der Waals surface area (Å²) in [4.78, 5) is 2.59. The summed E-state index contributed by atoms with van der Waals surface area (Å²) in [6, 6.07) is 8.92. The zero-order chi connectivity index (χ0) is 20.6. The average molecular weight is 397 g/mol. The molecule has 0 N–H and O–H groups in total. The molecule has 2 unspecified atom stereocenters. The molecule has 0 bridgehead atoms. The molecule has 2 saturated heterocycles. The Morgan fingerprint density at radius 3 is 2.00 bits per heavy atom. The van der Waals surface area contributed by atoms with Crippen LogP contribution >= 0.6 is 0 Å². The van der Waals surface area contributed by atoms with Gasteiger partial charge in [-0.05, 0) is 82.3 Å². The van der Waals surface area contributed by atoms with Gasteiger partial charge in [0, 0.05) is 18.8 Å². The highest BCUT2D eigenvalue weighted by Crippen LogP contribution is 2.39. The molecule has 4 rings (SSSR count). The fourth-order valence-corrected chi connectivity index (χ4v) is 5.60. The van der Waals surface area contributed by atoms with Crippen LogP contribution in [0.5, 0.6) is 0 Å². The van der Waals surface area contributed by atoms with Gasteiger partial charge >= 0.3 is 7.12 Å². The highest BCUT2D eigenvalue weighted by atomic mass is 16.7. The Morgan fingerprint density at radius 2 is 1.38 bits per heavy atom. The lowest BCUT2D eigenvalue weighted by atomic mass is 9.78. The Bertz CT molecular complexity index is 665. The van der Waals surface area contributed by atoms with Gasteiger partial charge in [-0.3, -0.25) is 0 Å². The highest BCUT2D eigenvalue weighted by Gasteiger charge is 2.51. The molecule has 1 aromatic carbocycles. The molecule has 2 aliphatic heterocycles. The monoisotopic (exact) mass is 397 g/mol. The van der Waals surface area contributed by atoms with Crippen molar-refractivity contribution in [1.29, 1.82) is 0 Å². The van der Waals surface area contributed by atoms with Crippen LogP contribution in [0, 0.1) is 17.8 Å². The number of anilines is 1. The molecule has 1 saturated carbocycles. The molecule has 4 heteroatoms. The molecule has 3 fully saturated rings. The summed E-state index contributed by atoms with van der Waals surface area (Å²) in [5.74, 6) is 2.81. The first-order chi connectivity index (χ1) is 13.8. The van der Waals surface area contributed by atoms with Gasteiger partial charge in [-0.25, -0.2) is 0 Å². The first kappa shape index (κ1) is 21.2. The van der Waals surface area contributed by atoms with Crippen molar-refractivity contribution in [3.05, 3.63) is 24.3 Å². The minimum absolute atomic E-state index is 0.269. The topological polar surface area (TPSA) is 21.7 Å². The summed E-state index contributed by atoms with van der Waals surface area (Å²) in [7, 11) is -0.269. The van der Waals surface area contributed by atoms with Crippen LogP contribution in [0.25, 0.3) is 0 Å². The SMILES string of the molecule is CC(C1CCCC1)C1CCCN(c2ccc(B3OC(C)(C)C(C)(C)O3)cc2)CC1. The summed E-state index contributed by atoms with van der Waals surface area (Å²) in [6.07, 6.45) is 9.94. The van der Waals surface area contributed by atoms with Crippen molar-refractivity contribution >= 4 is 18.3 Å². The molecule has 0 spiro atoms. The maximum atomic E-state index is 6.21. The fraction of sp³-hybridized carbons (Fsp3) is 0.760.